The molecule has 8 heteroatoms. The van der Waals surface area contributed by atoms with Crippen molar-refractivity contribution in [2.45, 2.75) is 12.8 Å². The maximum atomic E-state index is 11.4. The number of aliphatic hydroxyl groups excluding tert-OH is 2. The predicted molar refractivity (Wildman–Crippen MR) is 67.7 cm³/mol. The molecular weight excluding hydrogens is 280 g/mol. The van der Waals surface area contributed by atoms with Crippen molar-refractivity contribution in [2.75, 3.05) is 36.7 Å². The normalized spacial score (nSPS) is 24.3. The molecule has 0 bridgehead atoms. The van der Waals surface area contributed by atoms with Crippen molar-refractivity contribution in [3.05, 3.63) is 0 Å². The van der Waals surface area contributed by atoms with Crippen LogP contribution in [0.1, 0.15) is 12.8 Å². The Bertz CT molecular complexity index is 474. The van der Waals surface area contributed by atoms with Crippen molar-refractivity contribution < 1.29 is 27.0 Å². The first-order valence-electron chi connectivity index (χ1n) is 5.74. The fourth-order valence-electron chi connectivity index (χ4n) is 2.34. The van der Waals surface area contributed by atoms with E-state index in [9.17, 15) is 27.0 Å². The first kappa shape index (κ1) is 15.9. The molecule has 0 aromatic carbocycles. The maximum absolute atomic E-state index is 11.4. The van der Waals surface area contributed by atoms with E-state index >= 15 is 0 Å². The molecule has 1 heterocycles. The minimum atomic E-state index is -3.21. The lowest BCUT2D eigenvalue weighted by molar-refractivity contribution is 0.00978. The van der Waals surface area contributed by atoms with Crippen molar-refractivity contribution >= 4 is 19.7 Å². The molecule has 0 aliphatic carbocycles. The highest BCUT2D eigenvalue weighted by molar-refractivity contribution is 7.91. The molecule has 0 spiro atoms. The van der Waals surface area contributed by atoms with Gasteiger partial charge in [0.05, 0.1) is 30.5 Å². The highest BCUT2D eigenvalue weighted by Crippen LogP contribution is 2.38. The summed E-state index contributed by atoms with van der Waals surface area (Å²) in [6, 6.07) is 0. The van der Waals surface area contributed by atoms with Gasteiger partial charge in [0.15, 0.2) is 9.84 Å². The maximum Gasteiger partial charge on any atom is 0.150 e. The van der Waals surface area contributed by atoms with Crippen LogP contribution in [-0.4, -0.2) is 63.8 Å². The zero-order valence-electron chi connectivity index (χ0n) is 10.4. The third kappa shape index (κ3) is 3.91. The Morgan fingerprint density at radius 3 is 2.17 bits per heavy atom. The highest BCUT2D eigenvalue weighted by Gasteiger charge is 2.44. The summed E-state index contributed by atoms with van der Waals surface area (Å²) in [5.74, 6) is -0.583. The van der Waals surface area contributed by atoms with Gasteiger partial charge in [-0.15, -0.1) is 0 Å². The zero-order valence-corrected chi connectivity index (χ0v) is 12.0. The van der Waals surface area contributed by atoms with Crippen molar-refractivity contribution in [1.82, 2.24) is 0 Å². The number of rotatable bonds is 6. The molecule has 18 heavy (non-hydrogen) atoms. The van der Waals surface area contributed by atoms with E-state index in [-0.39, 0.29) is 29.6 Å². The minimum absolute atomic E-state index is 0.0400. The Kier molecular flexibility index (Phi) is 4.80. The molecule has 1 atom stereocenters. The van der Waals surface area contributed by atoms with E-state index in [0.29, 0.717) is 6.42 Å². The van der Waals surface area contributed by atoms with Crippen molar-refractivity contribution in [1.29, 1.82) is 0 Å². The molecular formula is C10H20O6S2. The lowest BCUT2D eigenvalue weighted by Crippen LogP contribution is -2.40. The summed E-state index contributed by atoms with van der Waals surface area (Å²) in [6.45, 7) is -0.807. The third-order valence-corrected chi connectivity index (χ3v) is 6.41. The molecule has 0 amide bonds. The van der Waals surface area contributed by atoms with E-state index in [1.165, 1.54) is 0 Å². The first-order chi connectivity index (χ1) is 8.14. The van der Waals surface area contributed by atoms with Crippen LogP contribution < -0.4 is 0 Å². The summed E-state index contributed by atoms with van der Waals surface area (Å²) in [6.07, 6.45) is 1.53. The van der Waals surface area contributed by atoms with Gasteiger partial charge >= 0.3 is 0 Å². The fraction of sp³-hybridized carbons (Fsp3) is 1.00. The van der Waals surface area contributed by atoms with E-state index in [1.54, 1.807) is 0 Å². The topological polar surface area (TPSA) is 109 Å². The summed E-state index contributed by atoms with van der Waals surface area (Å²) in [5, 5.41) is 18.9. The lowest BCUT2D eigenvalue weighted by atomic mass is 9.74. The molecule has 1 saturated heterocycles. The fourth-order valence-corrected chi connectivity index (χ4v) is 5.06. The zero-order chi connectivity index (χ0) is 14.0. The average molecular weight is 300 g/mol. The van der Waals surface area contributed by atoms with E-state index in [1.807, 2.05) is 0 Å². The molecule has 1 aliphatic heterocycles. The van der Waals surface area contributed by atoms with Crippen molar-refractivity contribution in [3.8, 4) is 0 Å². The van der Waals surface area contributed by atoms with Crippen LogP contribution in [0.25, 0.3) is 0 Å². The monoisotopic (exact) mass is 300 g/mol. The Morgan fingerprint density at radius 2 is 1.83 bits per heavy atom. The Labute approximate surface area is 108 Å². The average Bonchev–Trinajstić information content (AvgIpc) is 2.60. The van der Waals surface area contributed by atoms with Crippen LogP contribution in [0, 0.1) is 11.3 Å². The van der Waals surface area contributed by atoms with Gasteiger partial charge < -0.3 is 10.2 Å². The molecule has 1 fully saturated rings. The van der Waals surface area contributed by atoms with Crippen LogP contribution in [0.15, 0.2) is 0 Å². The van der Waals surface area contributed by atoms with E-state index in [2.05, 4.69) is 0 Å². The molecule has 108 valence electrons. The molecule has 1 rings (SSSR count). The summed E-state index contributed by atoms with van der Waals surface area (Å²) < 4.78 is 45.2. The molecule has 1 unspecified atom stereocenters. The minimum Gasteiger partial charge on any atom is -0.396 e. The van der Waals surface area contributed by atoms with Crippen molar-refractivity contribution in [3.63, 3.8) is 0 Å². The van der Waals surface area contributed by atoms with Crippen LogP contribution >= 0.6 is 0 Å². The van der Waals surface area contributed by atoms with Crippen LogP contribution in [-0.2, 0) is 19.7 Å². The number of hydrogen-bond donors (Lipinski definition) is 2. The molecule has 0 saturated carbocycles. The lowest BCUT2D eigenvalue weighted by Gasteiger charge is -2.35. The standard InChI is InChI=1S/C10H20O6S2/c1-17(13,14)5-3-10(7-11,8-12)9-2-4-18(15,16)6-9/h9,11-12H,2-8H2,1H3. The van der Waals surface area contributed by atoms with Crippen molar-refractivity contribution in [2.24, 2.45) is 11.3 Å². The molecule has 0 aromatic heterocycles. The second kappa shape index (κ2) is 5.44. The second-order valence-corrected chi connectivity index (χ2v) is 9.65. The first-order valence-corrected chi connectivity index (χ1v) is 9.62. The van der Waals surface area contributed by atoms with Gasteiger partial charge in [0, 0.05) is 11.7 Å². The van der Waals surface area contributed by atoms with Crippen LogP contribution in [0.4, 0.5) is 0 Å². The molecule has 0 radical (unpaired) electrons. The second-order valence-electron chi connectivity index (χ2n) is 5.16. The van der Waals surface area contributed by atoms with Crippen LogP contribution in [0.2, 0.25) is 0 Å². The number of sulfone groups is 2. The van der Waals surface area contributed by atoms with Crippen LogP contribution in [0.3, 0.4) is 0 Å². The van der Waals surface area contributed by atoms with E-state index in [0.717, 1.165) is 6.26 Å². The third-order valence-electron chi connectivity index (χ3n) is 3.70. The number of aliphatic hydroxyl groups is 2. The van der Waals surface area contributed by atoms with Gasteiger partial charge in [-0.2, -0.15) is 0 Å². The van der Waals surface area contributed by atoms with Gasteiger partial charge in [-0.3, -0.25) is 0 Å². The van der Waals surface area contributed by atoms with Gasteiger partial charge in [-0.1, -0.05) is 0 Å². The van der Waals surface area contributed by atoms with E-state index in [4.69, 9.17) is 0 Å². The van der Waals surface area contributed by atoms with Crippen LogP contribution in [0.5, 0.6) is 0 Å². The van der Waals surface area contributed by atoms with Gasteiger partial charge in [0.25, 0.3) is 0 Å². The largest absolute Gasteiger partial charge is 0.396 e. The Morgan fingerprint density at radius 1 is 1.28 bits per heavy atom. The van der Waals surface area contributed by atoms with Gasteiger partial charge in [-0.05, 0) is 18.8 Å². The smallest absolute Gasteiger partial charge is 0.150 e. The summed E-state index contributed by atoms with van der Waals surface area (Å²) in [5.41, 5.74) is -1.02. The molecule has 2 N–H and O–H groups in total. The summed E-state index contributed by atoms with van der Waals surface area (Å²) >= 11 is 0. The predicted octanol–water partition coefficient (Wildman–Crippen LogP) is -1.17. The van der Waals surface area contributed by atoms with E-state index < -0.39 is 38.3 Å². The summed E-state index contributed by atoms with van der Waals surface area (Å²) in [7, 11) is -6.33. The molecule has 0 aromatic rings. The molecule has 1 aliphatic rings. The number of hydrogen-bond acceptors (Lipinski definition) is 6. The Balaban J connectivity index is 2.87. The summed E-state index contributed by atoms with van der Waals surface area (Å²) in [4.78, 5) is 0. The quantitative estimate of drug-likeness (QED) is 0.639. The highest BCUT2D eigenvalue weighted by atomic mass is 32.2. The van der Waals surface area contributed by atoms with Gasteiger partial charge in [0.1, 0.15) is 9.84 Å². The molecule has 6 nitrogen and oxygen atoms in total. The van der Waals surface area contributed by atoms with Gasteiger partial charge in [-0.25, -0.2) is 16.8 Å². The Hall–Kier alpha value is -0.180. The van der Waals surface area contributed by atoms with Gasteiger partial charge in [0.2, 0.25) is 0 Å². The SMILES string of the molecule is CS(=O)(=O)CCC(CO)(CO)C1CCS(=O)(=O)C1.